The molecule has 12 rings (SSSR count). The van der Waals surface area contributed by atoms with E-state index in [0.717, 1.165) is 28.4 Å². The van der Waals surface area contributed by atoms with Crippen molar-refractivity contribution in [3.63, 3.8) is 0 Å². The van der Waals surface area contributed by atoms with Crippen molar-refractivity contribution >= 4 is 44.9 Å². The number of benzene rings is 9. The maximum absolute atomic E-state index is 2.50. The van der Waals surface area contributed by atoms with Crippen LogP contribution in [0.3, 0.4) is 0 Å². The summed E-state index contributed by atoms with van der Waals surface area (Å²) in [4.78, 5) is 4.91. The number of allylic oxidation sites excluding steroid dienone is 5. The highest BCUT2D eigenvalue weighted by atomic mass is 15.2. The van der Waals surface area contributed by atoms with Crippen LogP contribution in [0.4, 0.5) is 28.4 Å². The van der Waals surface area contributed by atoms with Gasteiger partial charge in [-0.2, -0.15) is 0 Å². The van der Waals surface area contributed by atoms with Crippen LogP contribution in [0.5, 0.6) is 0 Å². The van der Waals surface area contributed by atoms with E-state index >= 15 is 0 Å². The molecule has 0 amide bonds. The number of para-hydroxylation sites is 1. The van der Waals surface area contributed by atoms with Crippen molar-refractivity contribution in [2.45, 2.75) is 25.2 Å². The minimum atomic E-state index is -0.0639. The van der Waals surface area contributed by atoms with Gasteiger partial charge >= 0.3 is 0 Å². The second-order valence-corrected chi connectivity index (χ2v) is 18.1. The van der Waals surface area contributed by atoms with E-state index in [-0.39, 0.29) is 17.3 Å². The minimum Gasteiger partial charge on any atom is -0.310 e. The Kier molecular flexibility index (Phi) is 9.35. The Hall–Kier alpha value is -7.94. The lowest BCUT2D eigenvalue weighted by Crippen LogP contribution is -2.24. The van der Waals surface area contributed by atoms with E-state index in [2.05, 4.69) is 266 Å². The molecule has 2 nitrogen and oxygen atoms in total. The van der Waals surface area contributed by atoms with Crippen LogP contribution in [0.1, 0.15) is 42.0 Å². The summed E-state index contributed by atoms with van der Waals surface area (Å²) < 4.78 is 0. The van der Waals surface area contributed by atoms with E-state index in [1.165, 1.54) is 72.1 Å². The lowest BCUT2D eigenvalue weighted by atomic mass is 9.75. The molecule has 0 spiro atoms. The second kappa shape index (κ2) is 15.7. The van der Waals surface area contributed by atoms with Gasteiger partial charge in [-0.1, -0.05) is 196 Å². The molecule has 2 heteroatoms. The monoisotopic (exact) mass is 832 g/mol. The summed E-state index contributed by atoms with van der Waals surface area (Å²) in [5, 5.41) is 2.51. The first kappa shape index (κ1) is 38.7. The molecule has 0 saturated heterocycles. The van der Waals surface area contributed by atoms with Crippen LogP contribution in [0.2, 0.25) is 0 Å². The summed E-state index contributed by atoms with van der Waals surface area (Å²) in [6.45, 7) is 4.71. The van der Waals surface area contributed by atoms with Gasteiger partial charge < -0.3 is 9.80 Å². The molecule has 310 valence electrons. The Morgan fingerprint density at radius 2 is 0.954 bits per heavy atom. The molecule has 0 fully saturated rings. The molecule has 0 N–H and O–H groups in total. The zero-order chi connectivity index (χ0) is 43.5. The fourth-order valence-corrected chi connectivity index (χ4v) is 10.8. The predicted molar refractivity (Wildman–Crippen MR) is 275 cm³/mol. The van der Waals surface area contributed by atoms with Crippen LogP contribution in [-0.2, 0) is 5.41 Å². The molecule has 65 heavy (non-hydrogen) atoms. The molecule has 0 aliphatic heterocycles. The topological polar surface area (TPSA) is 6.48 Å². The summed E-state index contributed by atoms with van der Waals surface area (Å²) in [6, 6.07) is 78.1. The van der Waals surface area contributed by atoms with E-state index in [1.54, 1.807) is 0 Å². The largest absolute Gasteiger partial charge is 0.310 e. The third-order valence-electron chi connectivity index (χ3n) is 14.0. The number of anilines is 5. The Labute approximate surface area is 382 Å². The number of rotatable bonds is 8. The second-order valence-electron chi connectivity index (χ2n) is 18.1. The average Bonchev–Trinajstić information content (AvgIpc) is 3.60. The van der Waals surface area contributed by atoms with E-state index in [9.17, 15) is 0 Å². The summed E-state index contributed by atoms with van der Waals surface area (Å²) in [5.41, 5.74) is 19.6. The minimum absolute atomic E-state index is 0.0639. The molecule has 2 atom stereocenters. The van der Waals surface area contributed by atoms with Gasteiger partial charge in [-0.05, 0) is 122 Å². The highest BCUT2D eigenvalue weighted by Crippen LogP contribution is 2.52. The van der Waals surface area contributed by atoms with Crippen molar-refractivity contribution in [3.05, 3.63) is 265 Å². The number of hydrogen-bond acceptors (Lipinski definition) is 2. The van der Waals surface area contributed by atoms with Crippen molar-refractivity contribution in [3.8, 4) is 33.4 Å². The molecular weight excluding hydrogens is 785 g/mol. The Morgan fingerprint density at radius 3 is 1.75 bits per heavy atom. The van der Waals surface area contributed by atoms with E-state index in [1.807, 2.05) is 0 Å². The molecule has 0 bridgehead atoms. The molecule has 9 aromatic carbocycles. The third-order valence-corrected chi connectivity index (χ3v) is 14.0. The Balaban J connectivity index is 1.00. The maximum Gasteiger partial charge on any atom is 0.0503 e. The van der Waals surface area contributed by atoms with Crippen molar-refractivity contribution in [1.29, 1.82) is 0 Å². The van der Waals surface area contributed by atoms with Crippen LogP contribution >= 0.6 is 0 Å². The quantitative estimate of drug-likeness (QED) is 0.150. The fourth-order valence-electron chi connectivity index (χ4n) is 10.8. The highest BCUT2D eigenvalue weighted by molar-refractivity contribution is 5.98. The average molecular weight is 833 g/mol. The molecule has 0 saturated carbocycles. The lowest BCUT2D eigenvalue weighted by molar-refractivity contribution is 0.660. The highest BCUT2D eigenvalue weighted by Gasteiger charge is 2.37. The SMILES string of the molecule is CC1(C)c2ccccc2-c2cc(N(C3=CC4C=CC=CC4c4cc(N(c5ccc(-c6ccccc6)cc5)c5ccc(-c6cccc7ccccc67)cc5)ccc43)c3ccccc3)ccc21. The Morgan fingerprint density at radius 1 is 0.385 bits per heavy atom. The summed E-state index contributed by atoms with van der Waals surface area (Å²) >= 11 is 0. The Bertz CT molecular complexity index is 3330. The summed E-state index contributed by atoms with van der Waals surface area (Å²) in [5.74, 6) is 0.386. The van der Waals surface area contributed by atoms with Gasteiger partial charge in [0.2, 0.25) is 0 Å². The normalized spacial score (nSPS) is 16.2. The zero-order valence-electron chi connectivity index (χ0n) is 36.6. The van der Waals surface area contributed by atoms with Crippen molar-refractivity contribution < 1.29 is 0 Å². The van der Waals surface area contributed by atoms with Crippen molar-refractivity contribution in [2.75, 3.05) is 9.80 Å². The van der Waals surface area contributed by atoms with Crippen LogP contribution in [0.15, 0.2) is 243 Å². The van der Waals surface area contributed by atoms with Gasteiger partial charge in [0.1, 0.15) is 0 Å². The smallest absolute Gasteiger partial charge is 0.0503 e. The van der Waals surface area contributed by atoms with Crippen molar-refractivity contribution in [1.82, 2.24) is 0 Å². The first-order valence-electron chi connectivity index (χ1n) is 22.8. The predicted octanol–water partition coefficient (Wildman–Crippen LogP) is 17.0. The van der Waals surface area contributed by atoms with Gasteiger partial charge in [-0.3, -0.25) is 0 Å². The number of fused-ring (bicyclic) bond motifs is 7. The third kappa shape index (κ3) is 6.64. The molecule has 0 heterocycles. The fraction of sp³-hybridized carbons (Fsp3) is 0.0794. The molecule has 9 aromatic rings. The van der Waals surface area contributed by atoms with Gasteiger partial charge in [0.25, 0.3) is 0 Å². The van der Waals surface area contributed by atoms with Gasteiger partial charge in [-0.25, -0.2) is 0 Å². The van der Waals surface area contributed by atoms with E-state index in [4.69, 9.17) is 0 Å². The molecule has 0 aromatic heterocycles. The maximum atomic E-state index is 2.50. The lowest BCUT2D eigenvalue weighted by Gasteiger charge is -2.37. The van der Waals surface area contributed by atoms with Crippen molar-refractivity contribution in [2.24, 2.45) is 5.92 Å². The molecule has 0 radical (unpaired) electrons. The van der Waals surface area contributed by atoms with Gasteiger partial charge in [0, 0.05) is 51.3 Å². The number of hydrogen-bond donors (Lipinski definition) is 0. The molecule has 2 unspecified atom stereocenters. The molecule has 3 aliphatic rings. The first-order chi connectivity index (χ1) is 32.0. The van der Waals surface area contributed by atoms with E-state index in [0.29, 0.717) is 0 Å². The van der Waals surface area contributed by atoms with Crippen LogP contribution in [0, 0.1) is 5.92 Å². The van der Waals surface area contributed by atoms with Gasteiger partial charge in [-0.15, -0.1) is 0 Å². The van der Waals surface area contributed by atoms with Gasteiger partial charge in [0.05, 0.1) is 5.70 Å². The van der Waals surface area contributed by atoms with Crippen LogP contribution in [-0.4, -0.2) is 0 Å². The van der Waals surface area contributed by atoms with Gasteiger partial charge in [0.15, 0.2) is 0 Å². The molecule has 3 aliphatic carbocycles. The van der Waals surface area contributed by atoms with Crippen LogP contribution < -0.4 is 9.80 Å². The summed E-state index contributed by atoms with van der Waals surface area (Å²) in [7, 11) is 0. The zero-order valence-corrected chi connectivity index (χ0v) is 36.6. The standard InChI is InChI=1S/C63H48N2/c1-63(2)60-27-14-13-25-56(60)59-42-52(37-39-61(59)63)65(48-21-7-4-8-22-48)62-40-47-19-10-12-24-55(47)58-41-51(36-38-57(58)62)64(49-32-28-44(29-33-49)43-16-5-3-6-17-43)50-34-30-46(31-35-50)54-26-15-20-45-18-9-11-23-53(45)54/h3-42,47,55H,1-2H3. The number of nitrogens with zero attached hydrogens (tertiary/aromatic N) is 2. The van der Waals surface area contributed by atoms with E-state index < -0.39 is 0 Å². The molecular formula is C63H48N2. The first-order valence-corrected chi connectivity index (χ1v) is 22.8. The van der Waals surface area contributed by atoms with Crippen LogP contribution in [0.25, 0.3) is 49.9 Å². The summed E-state index contributed by atoms with van der Waals surface area (Å²) in [6.07, 6.45) is 11.7.